The number of aromatic nitrogens is 1. The number of amides is 2. The van der Waals surface area contributed by atoms with Gasteiger partial charge in [0.2, 0.25) is 0 Å². The number of esters is 1. The molecule has 2 aromatic heterocycles. The third-order valence-electron chi connectivity index (χ3n) is 6.60. The smallest absolute Gasteiger partial charge is 0.338 e. The van der Waals surface area contributed by atoms with E-state index < -0.39 is 0 Å². The van der Waals surface area contributed by atoms with Crippen LogP contribution in [0.4, 0.5) is 10.5 Å². The number of rotatable bonds is 4. The fourth-order valence-corrected chi connectivity index (χ4v) is 6.41. The number of anilines is 1. The quantitative estimate of drug-likeness (QED) is 0.476. The maximum absolute atomic E-state index is 13.6. The molecule has 0 fully saturated rings. The average molecular weight is 464 g/mol. The number of ether oxygens (including phenoxy) is 1. The lowest BCUT2D eigenvalue weighted by Crippen LogP contribution is -2.37. The molecular formula is C26H29N3O3S. The molecule has 0 saturated carbocycles. The van der Waals surface area contributed by atoms with Crippen molar-refractivity contribution >= 4 is 29.0 Å². The van der Waals surface area contributed by atoms with Crippen LogP contribution < -0.4 is 5.32 Å². The van der Waals surface area contributed by atoms with Gasteiger partial charge in [0, 0.05) is 28.0 Å². The van der Waals surface area contributed by atoms with Crippen molar-refractivity contribution in [1.29, 1.82) is 0 Å². The highest BCUT2D eigenvalue weighted by atomic mass is 32.1. The van der Waals surface area contributed by atoms with E-state index in [1.807, 2.05) is 16.2 Å². The van der Waals surface area contributed by atoms with Gasteiger partial charge in [0.05, 0.1) is 24.8 Å². The molecule has 172 valence electrons. The highest BCUT2D eigenvalue weighted by molar-refractivity contribution is 7.15. The van der Waals surface area contributed by atoms with E-state index in [1.165, 1.54) is 33.8 Å². The highest BCUT2D eigenvalue weighted by Crippen LogP contribution is 2.43. The van der Waals surface area contributed by atoms with Crippen LogP contribution in [0.1, 0.15) is 71.2 Å². The van der Waals surface area contributed by atoms with Crippen LogP contribution in [0.3, 0.4) is 0 Å². The van der Waals surface area contributed by atoms with Crippen molar-refractivity contribution < 1.29 is 14.3 Å². The summed E-state index contributed by atoms with van der Waals surface area (Å²) in [5.41, 5.74) is 5.05. The second kappa shape index (κ2) is 9.06. The standard InChI is InChI=1S/C26H29N3O3S/c1-3-21-22-9-7-15-28(22)24-20(19-8-5-6-10-23(19)33-24)16-29(21)26(31)27-18-13-11-17(12-14-18)25(30)32-4-2/h7,9,11-15,21H,3-6,8,10,16H2,1-2H3,(H,27,31)/t21-/m0/s1. The van der Waals surface area contributed by atoms with Gasteiger partial charge in [-0.25, -0.2) is 9.59 Å². The first-order valence-electron chi connectivity index (χ1n) is 11.8. The van der Waals surface area contributed by atoms with Crippen LogP contribution in [0.2, 0.25) is 0 Å². The number of urea groups is 1. The predicted octanol–water partition coefficient (Wildman–Crippen LogP) is 6.09. The number of aryl methyl sites for hydroxylation is 1. The molecule has 0 spiro atoms. The number of fused-ring (bicyclic) bond motifs is 5. The molecule has 2 aliphatic rings. The Morgan fingerprint density at radius 3 is 2.64 bits per heavy atom. The summed E-state index contributed by atoms with van der Waals surface area (Å²) in [6, 6.07) is 11.0. The van der Waals surface area contributed by atoms with E-state index >= 15 is 0 Å². The largest absolute Gasteiger partial charge is 0.462 e. The molecule has 1 atom stereocenters. The van der Waals surface area contributed by atoms with Gasteiger partial charge in [0.1, 0.15) is 5.00 Å². The maximum Gasteiger partial charge on any atom is 0.338 e. The molecule has 33 heavy (non-hydrogen) atoms. The van der Waals surface area contributed by atoms with Crippen molar-refractivity contribution in [2.75, 3.05) is 11.9 Å². The molecule has 1 aliphatic carbocycles. The zero-order valence-corrected chi connectivity index (χ0v) is 19.9. The van der Waals surface area contributed by atoms with Crippen LogP contribution in [0, 0.1) is 0 Å². The number of hydrogen-bond donors (Lipinski definition) is 1. The molecule has 1 aromatic carbocycles. The summed E-state index contributed by atoms with van der Waals surface area (Å²) in [5.74, 6) is -0.357. The van der Waals surface area contributed by atoms with E-state index in [4.69, 9.17) is 4.74 Å². The third-order valence-corrected chi connectivity index (χ3v) is 7.93. The molecule has 2 amide bonds. The Balaban J connectivity index is 1.45. The van der Waals surface area contributed by atoms with Gasteiger partial charge in [-0.2, -0.15) is 0 Å². The second-order valence-corrected chi connectivity index (χ2v) is 9.66. The number of thiophene rings is 1. The third kappa shape index (κ3) is 3.95. The first kappa shape index (κ1) is 21.8. The van der Waals surface area contributed by atoms with Crippen molar-refractivity contribution in [2.24, 2.45) is 0 Å². The number of carbonyl (C=O) groups excluding carboxylic acids is 2. The van der Waals surface area contributed by atoms with Crippen LogP contribution in [0.5, 0.6) is 0 Å². The second-order valence-electron chi connectivity index (χ2n) is 8.58. The van der Waals surface area contributed by atoms with Crippen LogP contribution in [-0.2, 0) is 24.1 Å². The molecule has 1 aliphatic heterocycles. The van der Waals surface area contributed by atoms with E-state index in [0.29, 0.717) is 24.4 Å². The first-order valence-corrected chi connectivity index (χ1v) is 12.6. The molecule has 0 unspecified atom stereocenters. The Morgan fingerprint density at radius 2 is 1.88 bits per heavy atom. The number of nitrogens with zero attached hydrogens (tertiary/aromatic N) is 2. The Hall–Kier alpha value is -3.06. The first-order chi connectivity index (χ1) is 16.1. The fourth-order valence-electron chi connectivity index (χ4n) is 5.01. The Bertz CT molecular complexity index is 1180. The average Bonchev–Trinajstić information content (AvgIpc) is 3.42. The van der Waals surface area contributed by atoms with E-state index in [9.17, 15) is 9.59 Å². The zero-order valence-electron chi connectivity index (χ0n) is 19.1. The molecule has 0 radical (unpaired) electrons. The maximum atomic E-state index is 13.6. The van der Waals surface area contributed by atoms with Crippen LogP contribution >= 0.6 is 11.3 Å². The van der Waals surface area contributed by atoms with Gasteiger partial charge in [-0.1, -0.05) is 6.92 Å². The Labute approximate surface area is 198 Å². The fraction of sp³-hybridized carbons (Fsp3) is 0.385. The van der Waals surface area contributed by atoms with Gasteiger partial charge in [-0.3, -0.25) is 0 Å². The summed E-state index contributed by atoms with van der Waals surface area (Å²) in [4.78, 5) is 28.9. The van der Waals surface area contributed by atoms with Crippen LogP contribution in [0.15, 0.2) is 42.6 Å². The minimum Gasteiger partial charge on any atom is -0.462 e. The van der Waals surface area contributed by atoms with Crippen molar-refractivity contribution in [2.45, 2.75) is 58.5 Å². The van der Waals surface area contributed by atoms with E-state index in [-0.39, 0.29) is 18.0 Å². The summed E-state index contributed by atoms with van der Waals surface area (Å²) in [7, 11) is 0. The van der Waals surface area contributed by atoms with Gasteiger partial charge in [-0.15, -0.1) is 11.3 Å². The minimum atomic E-state index is -0.357. The Morgan fingerprint density at radius 1 is 1.09 bits per heavy atom. The lowest BCUT2D eigenvalue weighted by atomic mass is 9.95. The lowest BCUT2D eigenvalue weighted by molar-refractivity contribution is 0.0526. The van der Waals surface area contributed by atoms with Crippen molar-refractivity contribution in [1.82, 2.24) is 9.47 Å². The number of carbonyl (C=O) groups is 2. The van der Waals surface area contributed by atoms with Crippen molar-refractivity contribution in [3.05, 3.63) is 69.9 Å². The lowest BCUT2D eigenvalue weighted by Gasteiger charge is -2.30. The number of hydrogen-bond acceptors (Lipinski definition) is 4. The van der Waals surface area contributed by atoms with Crippen molar-refractivity contribution in [3.63, 3.8) is 0 Å². The number of benzene rings is 1. The van der Waals surface area contributed by atoms with Gasteiger partial charge in [0.25, 0.3) is 0 Å². The molecule has 3 aromatic rings. The molecule has 7 heteroatoms. The topological polar surface area (TPSA) is 63.6 Å². The summed E-state index contributed by atoms with van der Waals surface area (Å²) in [6.45, 7) is 4.85. The zero-order chi connectivity index (χ0) is 22.9. The minimum absolute atomic E-state index is 0.0161. The number of nitrogens with one attached hydrogen (secondary N) is 1. The summed E-state index contributed by atoms with van der Waals surface area (Å²) >= 11 is 1.90. The molecule has 6 nitrogen and oxygen atoms in total. The molecule has 0 bridgehead atoms. The molecule has 5 rings (SSSR count). The normalized spacial score (nSPS) is 16.9. The van der Waals surface area contributed by atoms with Gasteiger partial charge >= 0.3 is 12.0 Å². The monoisotopic (exact) mass is 463 g/mol. The summed E-state index contributed by atoms with van der Waals surface area (Å²) < 4.78 is 7.35. The van der Waals surface area contributed by atoms with Crippen LogP contribution in [0.25, 0.3) is 5.00 Å². The molecular weight excluding hydrogens is 434 g/mol. The van der Waals surface area contributed by atoms with E-state index in [2.05, 4.69) is 35.1 Å². The predicted molar refractivity (Wildman–Crippen MR) is 130 cm³/mol. The van der Waals surface area contributed by atoms with E-state index in [0.717, 1.165) is 25.0 Å². The molecule has 3 heterocycles. The molecule has 1 N–H and O–H groups in total. The SMILES string of the molecule is CCOC(=O)c1ccc(NC(=O)N2Cc3c(sc4c3CCCC4)-n3cccc3[C@@H]2CC)cc1. The summed E-state index contributed by atoms with van der Waals surface area (Å²) in [5, 5.41) is 4.33. The Kier molecular flexibility index (Phi) is 5.98. The van der Waals surface area contributed by atoms with Crippen LogP contribution in [-0.4, -0.2) is 28.1 Å². The van der Waals surface area contributed by atoms with Crippen molar-refractivity contribution in [3.8, 4) is 5.00 Å². The highest BCUT2D eigenvalue weighted by Gasteiger charge is 2.34. The van der Waals surface area contributed by atoms with Gasteiger partial charge < -0.3 is 19.5 Å². The van der Waals surface area contributed by atoms with Gasteiger partial charge in [-0.05, 0) is 81.0 Å². The molecule has 0 saturated heterocycles. The van der Waals surface area contributed by atoms with Gasteiger partial charge in [0.15, 0.2) is 0 Å². The van der Waals surface area contributed by atoms with E-state index in [1.54, 1.807) is 31.2 Å². The summed E-state index contributed by atoms with van der Waals surface area (Å²) in [6.07, 6.45) is 7.66.